The van der Waals surface area contributed by atoms with Gasteiger partial charge in [0.05, 0.1) is 12.8 Å². The van der Waals surface area contributed by atoms with Gasteiger partial charge in [0, 0.05) is 20.6 Å². The van der Waals surface area contributed by atoms with Crippen LogP contribution in [0, 0.1) is 6.92 Å². The number of hydrogen-bond donors (Lipinski definition) is 1. The van der Waals surface area contributed by atoms with E-state index in [1.165, 1.54) is 19.3 Å². The number of anilines is 1. The Hall–Kier alpha value is -3.52. The summed E-state index contributed by atoms with van der Waals surface area (Å²) in [6, 6.07) is 14.0. The summed E-state index contributed by atoms with van der Waals surface area (Å²) >= 11 is 18.2. The second-order valence-electron chi connectivity index (χ2n) is 7.82. The van der Waals surface area contributed by atoms with Crippen molar-refractivity contribution in [3.8, 4) is 11.5 Å². The van der Waals surface area contributed by atoms with Gasteiger partial charge in [0.2, 0.25) is 0 Å². The molecule has 0 spiro atoms. The van der Waals surface area contributed by atoms with Gasteiger partial charge >= 0.3 is 6.03 Å². The van der Waals surface area contributed by atoms with Crippen LogP contribution < -0.4 is 19.7 Å². The molecule has 4 rings (SSSR count). The zero-order valence-electron chi connectivity index (χ0n) is 19.1. The number of carbonyl (C=O) groups is 3. The quantitative estimate of drug-likeness (QED) is 0.294. The number of aryl methyl sites for hydroxylation is 1. The molecule has 3 aromatic rings. The lowest BCUT2D eigenvalue weighted by molar-refractivity contribution is -0.122. The number of nitrogens with one attached hydrogen (secondary N) is 1. The van der Waals surface area contributed by atoms with Crippen molar-refractivity contribution in [1.82, 2.24) is 5.32 Å². The number of amides is 4. The Morgan fingerprint density at radius 3 is 2.36 bits per heavy atom. The average molecular weight is 546 g/mol. The van der Waals surface area contributed by atoms with Crippen molar-refractivity contribution in [3.63, 3.8) is 0 Å². The Bertz CT molecular complexity index is 1420. The molecule has 1 aliphatic rings. The number of urea groups is 1. The molecule has 0 saturated carbocycles. The summed E-state index contributed by atoms with van der Waals surface area (Å²) in [7, 11) is 1.47. The molecular weight excluding hydrogens is 527 g/mol. The minimum absolute atomic E-state index is 0.170. The molecule has 7 nitrogen and oxygen atoms in total. The highest BCUT2D eigenvalue weighted by Gasteiger charge is 2.37. The molecule has 1 N–H and O–H groups in total. The van der Waals surface area contributed by atoms with E-state index in [1.807, 2.05) is 0 Å². The number of barbiturate groups is 1. The van der Waals surface area contributed by atoms with Gasteiger partial charge in [-0.05, 0) is 60.5 Å². The lowest BCUT2D eigenvalue weighted by Crippen LogP contribution is -2.54. The summed E-state index contributed by atoms with van der Waals surface area (Å²) in [5.41, 5.74) is 1.92. The van der Waals surface area contributed by atoms with Crippen molar-refractivity contribution < 1.29 is 23.9 Å². The Labute approximate surface area is 222 Å². The summed E-state index contributed by atoms with van der Waals surface area (Å²) in [5, 5.41) is 3.54. The van der Waals surface area contributed by atoms with E-state index in [1.54, 1.807) is 55.5 Å². The molecule has 4 amide bonds. The fourth-order valence-corrected chi connectivity index (χ4v) is 4.18. The monoisotopic (exact) mass is 544 g/mol. The average Bonchev–Trinajstić information content (AvgIpc) is 2.83. The van der Waals surface area contributed by atoms with Crippen LogP contribution in [0.15, 0.2) is 60.2 Å². The summed E-state index contributed by atoms with van der Waals surface area (Å²) in [6.45, 7) is 1.90. The van der Waals surface area contributed by atoms with Gasteiger partial charge < -0.3 is 9.47 Å². The SMILES string of the molecule is COc1cc(/C=C2\C(=O)NC(=O)N(c3cc(Cl)ccc3C)C2=O)ccc1OCc1ccc(Cl)cc1Cl. The highest BCUT2D eigenvalue weighted by atomic mass is 35.5. The van der Waals surface area contributed by atoms with Crippen molar-refractivity contribution >= 4 is 64.4 Å². The van der Waals surface area contributed by atoms with E-state index >= 15 is 0 Å². The maximum atomic E-state index is 13.2. The molecule has 1 saturated heterocycles. The number of carbonyl (C=O) groups excluding carboxylic acids is 3. The van der Waals surface area contributed by atoms with Crippen LogP contribution in [-0.4, -0.2) is 25.0 Å². The highest BCUT2D eigenvalue weighted by molar-refractivity contribution is 6.39. The zero-order valence-corrected chi connectivity index (χ0v) is 21.4. The number of hydrogen-bond acceptors (Lipinski definition) is 5. The molecular formula is C26H19Cl3N2O5. The lowest BCUT2D eigenvalue weighted by atomic mass is 10.1. The molecule has 1 aliphatic heterocycles. The number of ether oxygens (including phenoxy) is 2. The molecule has 1 heterocycles. The number of imide groups is 2. The van der Waals surface area contributed by atoms with Crippen LogP contribution in [0.5, 0.6) is 11.5 Å². The van der Waals surface area contributed by atoms with E-state index in [0.717, 1.165) is 10.5 Å². The second-order valence-corrected chi connectivity index (χ2v) is 9.10. The summed E-state index contributed by atoms with van der Waals surface area (Å²) in [5.74, 6) is -0.781. The van der Waals surface area contributed by atoms with Gasteiger partial charge in [-0.25, -0.2) is 9.69 Å². The van der Waals surface area contributed by atoms with Crippen LogP contribution in [0.3, 0.4) is 0 Å². The largest absolute Gasteiger partial charge is 0.493 e. The maximum absolute atomic E-state index is 13.2. The number of rotatable bonds is 6. The van der Waals surface area contributed by atoms with Crippen molar-refractivity contribution in [2.24, 2.45) is 0 Å². The standard InChI is InChI=1S/C26H19Cl3N2O5/c1-14-3-6-18(28)12-21(14)31-25(33)19(24(32)30-26(31)34)9-15-4-8-22(23(10-15)35-2)36-13-16-5-7-17(27)11-20(16)29/h3-12H,13H2,1-2H3,(H,30,32,34)/b19-9+. The number of nitrogens with zero attached hydrogens (tertiary/aromatic N) is 1. The van der Waals surface area contributed by atoms with E-state index in [2.05, 4.69) is 5.32 Å². The number of benzene rings is 3. The van der Waals surface area contributed by atoms with Crippen LogP contribution in [0.2, 0.25) is 15.1 Å². The molecule has 0 aliphatic carbocycles. The normalized spacial score (nSPS) is 14.8. The molecule has 0 atom stereocenters. The van der Waals surface area contributed by atoms with E-state index in [9.17, 15) is 14.4 Å². The molecule has 0 bridgehead atoms. The van der Waals surface area contributed by atoms with Gasteiger partial charge in [-0.3, -0.25) is 14.9 Å². The topological polar surface area (TPSA) is 84.9 Å². The van der Waals surface area contributed by atoms with Crippen molar-refractivity contribution in [3.05, 3.63) is 91.9 Å². The molecule has 0 unspecified atom stereocenters. The van der Waals surface area contributed by atoms with Gasteiger partial charge in [-0.15, -0.1) is 0 Å². The minimum Gasteiger partial charge on any atom is -0.493 e. The molecule has 10 heteroatoms. The third kappa shape index (κ3) is 5.33. The molecule has 36 heavy (non-hydrogen) atoms. The van der Waals surface area contributed by atoms with Crippen LogP contribution in [0.4, 0.5) is 10.5 Å². The Kier molecular flexibility index (Phi) is 7.54. The van der Waals surface area contributed by atoms with Crippen molar-refractivity contribution in [2.75, 3.05) is 12.0 Å². The highest BCUT2D eigenvalue weighted by Crippen LogP contribution is 2.32. The molecule has 1 fully saturated rings. The fourth-order valence-electron chi connectivity index (χ4n) is 3.55. The molecule has 0 radical (unpaired) electrons. The smallest absolute Gasteiger partial charge is 0.335 e. The van der Waals surface area contributed by atoms with Gasteiger partial charge in [0.25, 0.3) is 11.8 Å². The van der Waals surface area contributed by atoms with E-state index in [-0.39, 0.29) is 17.9 Å². The fraction of sp³-hybridized carbons (Fsp3) is 0.115. The first-order valence-corrected chi connectivity index (χ1v) is 11.7. The first kappa shape index (κ1) is 25.6. The predicted molar refractivity (Wildman–Crippen MR) is 139 cm³/mol. The van der Waals surface area contributed by atoms with Crippen LogP contribution >= 0.6 is 34.8 Å². The van der Waals surface area contributed by atoms with E-state index in [4.69, 9.17) is 44.3 Å². The van der Waals surface area contributed by atoms with Crippen LogP contribution in [0.25, 0.3) is 6.08 Å². The Balaban J connectivity index is 1.61. The summed E-state index contributed by atoms with van der Waals surface area (Å²) in [4.78, 5) is 39.1. The molecule has 184 valence electrons. The van der Waals surface area contributed by atoms with Crippen molar-refractivity contribution in [2.45, 2.75) is 13.5 Å². The van der Waals surface area contributed by atoms with Crippen LogP contribution in [0.1, 0.15) is 16.7 Å². The number of halogens is 3. The Morgan fingerprint density at radius 2 is 1.64 bits per heavy atom. The predicted octanol–water partition coefficient (Wildman–Crippen LogP) is 6.21. The summed E-state index contributed by atoms with van der Waals surface area (Å²) < 4.78 is 11.3. The van der Waals surface area contributed by atoms with Gasteiger partial charge in [-0.1, -0.05) is 53.0 Å². The molecule has 0 aromatic heterocycles. The zero-order chi connectivity index (χ0) is 26.0. The van der Waals surface area contributed by atoms with Gasteiger partial charge in [0.15, 0.2) is 11.5 Å². The van der Waals surface area contributed by atoms with Crippen molar-refractivity contribution in [1.29, 1.82) is 0 Å². The lowest BCUT2D eigenvalue weighted by Gasteiger charge is -2.27. The maximum Gasteiger partial charge on any atom is 0.335 e. The van der Waals surface area contributed by atoms with E-state index < -0.39 is 17.8 Å². The van der Waals surface area contributed by atoms with Crippen LogP contribution in [-0.2, 0) is 16.2 Å². The van der Waals surface area contributed by atoms with E-state index in [0.29, 0.717) is 37.7 Å². The number of methoxy groups -OCH3 is 1. The minimum atomic E-state index is -0.852. The summed E-state index contributed by atoms with van der Waals surface area (Å²) in [6.07, 6.45) is 1.37. The first-order valence-electron chi connectivity index (χ1n) is 10.6. The first-order chi connectivity index (χ1) is 17.2. The van der Waals surface area contributed by atoms with Gasteiger partial charge in [-0.2, -0.15) is 0 Å². The second kappa shape index (κ2) is 10.6. The van der Waals surface area contributed by atoms with Gasteiger partial charge in [0.1, 0.15) is 12.2 Å². The third-order valence-corrected chi connectivity index (χ3v) is 6.23. The third-order valence-electron chi connectivity index (χ3n) is 5.41. The molecule has 3 aromatic carbocycles. The Morgan fingerprint density at radius 1 is 0.917 bits per heavy atom.